The zero-order valence-corrected chi connectivity index (χ0v) is 79.9. The predicted molar refractivity (Wildman–Crippen MR) is 617 cm³/mol. The standard InChI is InChI=1S/3C46H30N2O/c1-2-13-33(14-3-1)47(34-23-21-32(22-24-34)38-18-10-12-31-11-4-5-15-37(31)38)35-25-27-36(28-26-35)48-43-19-8-6-16-39(43)41-30-46-42(29-44(41)48)40-17-7-9-20-45(40)49-46;1-2-14-35(15-3-1)47(38-16-10-13-33(28-38)34-22-21-31-11-4-5-12-32(31)27-34)36-23-25-37(26-24-36)48-43-19-8-6-17-39(43)41-30-46-42(29-44(41)48)40-18-7-9-20-45(40)49-46;1-2-13-35(14-3-1)47(36-25-23-32(24-26-36)34-22-21-31-11-4-5-12-33(31)27-34)37-15-10-16-38(28-37)48-43-19-8-6-17-39(43)41-30-46-42(29-44(41)48)40-18-7-9-20-45(40)49-46/h3*1-30H. The Kier molecular flexibility index (Phi) is 20.8. The fourth-order valence-corrected chi connectivity index (χ4v) is 22.4. The van der Waals surface area contributed by atoms with Crippen molar-refractivity contribution < 1.29 is 13.3 Å². The highest BCUT2D eigenvalue weighted by Gasteiger charge is 2.25. The maximum Gasteiger partial charge on any atom is 0.136 e. The van der Waals surface area contributed by atoms with E-state index in [1.165, 1.54) is 109 Å². The van der Waals surface area contributed by atoms with Gasteiger partial charge in [-0.25, -0.2) is 0 Å². The first-order chi connectivity index (χ1) is 72.9. The van der Waals surface area contributed by atoms with Crippen LogP contribution < -0.4 is 14.7 Å². The molecule has 30 rings (SSSR count). The van der Waals surface area contributed by atoms with E-state index in [2.05, 4.69) is 538 Å². The Morgan fingerprint density at radius 3 is 0.857 bits per heavy atom. The van der Waals surface area contributed by atoms with E-state index in [0.29, 0.717) is 0 Å². The summed E-state index contributed by atoms with van der Waals surface area (Å²) in [6.45, 7) is 0. The maximum atomic E-state index is 6.31. The number of fused-ring (bicyclic) bond motifs is 21. The van der Waals surface area contributed by atoms with E-state index < -0.39 is 0 Å². The average Bonchev–Trinajstić information content (AvgIpc) is 1.58. The highest BCUT2D eigenvalue weighted by Crippen LogP contribution is 2.48. The molecule has 0 unspecified atom stereocenters. The van der Waals surface area contributed by atoms with Gasteiger partial charge < -0.3 is 41.7 Å². The van der Waals surface area contributed by atoms with E-state index in [0.717, 1.165) is 156 Å². The quantitative estimate of drug-likeness (QED) is 0.102. The fourth-order valence-electron chi connectivity index (χ4n) is 22.4. The van der Waals surface area contributed by atoms with Gasteiger partial charge in [0.25, 0.3) is 0 Å². The summed E-state index contributed by atoms with van der Waals surface area (Å²) in [4.78, 5) is 6.99. The van der Waals surface area contributed by atoms with Crippen LogP contribution in [0.5, 0.6) is 0 Å². The van der Waals surface area contributed by atoms with Gasteiger partial charge >= 0.3 is 0 Å². The van der Waals surface area contributed by atoms with Crippen LogP contribution in [0.2, 0.25) is 0 Å². The maximum absolute atomic E-state index is 6.31. The third-order valence-electron chi connectivity index (χ3n) is 29.3. The second-order valence-electron chi connectivity index (χ2n) is 37.8. The molecule has 0 aliphatic carbocycles. The number of aromatic nitrogens is 3. The second kappa shape index (κ2) is 35.8. The van der Waals surface area contributed by atoms with Crippen LogP contribution in [0, 0.1) is 0 Å². The molecule has 0 saturated carbocycles. The molecule has 24 aromatic carbocycles. The summed E-state index contributed by atoms with van der Waals surface area (Å²) in [6.07, 6.45) is 0. The minimum atomic E-state index is 0.910. The summed E-state index contributed by atoms with van der Waals surface area (Å²) in [5.41, 5.74) is 32.9. The minimum Gasteiger partial charge on any atom is -0.456 e. The van der Waals surface area contributed by atoms with Crippen LogP contribution in [0.1, 0.15) is 0 Å². The van der Waals surface area contributed by atoms with Crippen molar-refractivity contribution in [2.24, 2.45) is 0 Å². The van der Waals surface area contributed by atoms with Crippen molar-refractivity contribution in [1.82, 2.24) is 13.7 Å². The molecule has 0 spiro atoms. The van der Waals surface area contributed by atoms with Gasteiger partial charge in [-0.05, 0) is 290 Å². The van der Waals surface area contributed by atoms with Crippen molar-refractivity contribution in [2.75, 3.05) is 14.7 Å². The molecule has 6 heterocycles. The number of nitrogens with zero attached hydrogens (tertiary/aromatic N) is 6. The predicted octanol–water partition coefficient (Wildman–Crippen LogP) is 38.9. The van der Waals surface area contributed by atoms with Crippen LogP contribution in [0.3, 0.4) is 0 Å². The number of para-hydroxylation sites is 9. The van der Waals surface area contributed by atoms with Crippen LogP contribution in [0.25, 0.3) is 214 Å². The SMILES string of the molecule is c1ccc(N(c2ccc(-c3ccc4ccccc4c3)cc2)c2cccc(-n3c4ccccc4c4cc5oc6ccccc6c5cc43)c2)cc1.c1ccc(N(c2ccc(-c3cccc4ccccc34)cc2)c2ccc(-n3c4ccccc4c4cc5oc6ccccc6c5cc43)cc2)cc1.c1ccc(N(c2ccc(-n3c4ccccc4c4cc5oc6ccccc6c5cc43)cc2)c2cccc(-c3ccc4ccccc4c3)c2)cc1. The lowest BCUT2D eigenvalue weighted by atomic mass is 9.98. The van der Waals surface area contributed by atoms with Gasteiger partial charge in [-0.15, -0.1) is 0 Å². The summed E-state index contributed by atoms with van der Waals surface area (Å²) in [7, 11) is 0. The number of hydrogen-bond donors (Lipinski definition) is 0. The largest absolute Gasteiger partial charge is 0.456 e. The van der Waals surface area contributed by atoms with Crippen molar-refractivity contribution >= 4 is 215 Å². The Hall–Kier alpha value is -19.7. The van der Waals surface area contributed by atoms with Crippen LogP contribution in [0.15, 0.2) is 559 Å². The Morgan fingerprint density at radius 1 is 0.129 bits per heavy atom. The van der Waals surface area contributed by atoms with Crippen LogP contribution in [-0.4, -0.2) is 13.7 Å². The molecule has 0 saturated heterocycles. The Morgan fingerprint density at radius 2 is 0.422 bits per heavy atom. The van der Waals surface area contributed by atoms with Gasteiger partial charge in [0.05, 0.1) is 33.1 Å². The van der Waals surface area contributed by atoms with Crippen LogP contribution >= 0.6 is 0 Å². The topological polar surface area (TPSA) is 63.9 Å². The zero-order valence-electron chi connectivity index (χ0n) is 79.9. The molecule has 9 heteroatoms. The van der Waals surface area contributed by atoms with E-state index in [1.807, 2.05) is 36.4 Å². The molecule has 9 nitrogen and oxygen atoms in total. The van der Waals surface area contributed by atoms with E-state index >= 15 is 0 Å². The normalized spacial score (nSPS) is 11.7. The Labute approximate surface area is 846 Å². The van der Waals surface area contributed by atoms with Crippen molar-refractivity contribution in [1.29, 1.82) is 0 Å². The van der Waals surface area contributed by atoms with E-state index in [4.69, 9.17) is 13.3 Å². The van der Waals surface area contributed by atoms with Gasteiger partial charge in [0.1, 0.15) is 33.5 Å². The number of benzene rings is 24. The highest BCUT2D eigenvalue weighted by molar-refractivity contribution is 6.21. The lowest BCUT2D eigenvalue weighted by Gasteiger charge is -2.26. The summed E-state index contributed by atoms with van der Waals surface area (Å²) < 4.78 is 26.0. The molecule has 0 bridgehead atoms. The third kappa shape index (κ3) is 15.1. The number of furan rings is 3. The molecule has 690 valence electrons. The molecule has 147 heavy (non-hydrogen) atoms. The second-order valence-corrected chi connectivity index (χ2v) is 37.8. The van der Waals surface area contributed by atoms with E-state index in [9.17, 15) is 0 Å². The fraction of sp³-hybridized carbons (Fsp3) is 0. The molecule has 6 aromatic heterocycles. The van der Waals surface area contributed by atoms with Gasteiger partial charge in [-0.3, -0.25) is 0 Å². The summed E-state index contributed by atoms with van der Waals surface area (Å²) in [5.74, 6) is 0. The lowest BCUT2D eigenvalue weighted by Crippen LogP contribution is -2.10. The van der Waals surface area contributed by atoms with Gasteiger partial charge in [-0.1, -0.05) is 322 Å². The molecule has 0 amide bonds. The molecule has 0 aliphatic rings. The first kappa shape index (κ1) is 85.3. The first-order valence-electron chi connectivity index (χ1n) is 50.0. The molecule has 0 atom stereocenters. The zero-order chi connectivity index (χ0) is 96.9. The highest BCUT2D eigenvalue weighted by atomic mass is 16.3. The lowest BCUT2D eigenvalue weighted by molar-refractivity contribution is 0.669. The van der Waals surface area contributed by atoms with Crippen molar-refractivity contribution in [3.63, 3.8) is 0 Å². The van der Waals surface area contributed by atoms with Gasteiger partial charge in [0.2, 0.25) is 0 Å². The Balaban J connectivity index is 0.000000107. The molecule has 0 fully saturated rings. The number of rotatable bonds is 15. The van der Waals surface area contributed by atoms with Crippen molar-refractivity contribution in [3.05, 3.63) is 546 Å². The van der Waals surface area contributed by atoms with E-state index in [-0.39, 0.29) is 0 Å². The monoisotopic (exact) mass is 1880 g/mol. The Bertz CT molecular complexity index is 10300. The van der Waals surface area contributed by atoms with Gasteiger partial charge in [0.15, 0.2) is 0 Å². The first-order valence-corrected chi connectivity index (χ1v) is 50.0. The van der Waals surface area contributed by atoms with Crippen LogP contribution in [0.4, 0.5) is 51.2 Å². The molecule has 0 N–H and O–H groups in total. The smallest absolute Gasteiger partial charge is 0.136 e. The van der Waals surface area contributed by atoms with Crippen molar-refractivity contribution in [3.8, 4) is 50.4 Å². The third-order valence-corrected chi connectivity index (χ3v) is 29.3. The van der Waals surface area contributed by atoms with Crippen molar-refractivity contribution in [2.45, 2.75) is 0 Å². The van der Waals surface area contributed by atoms with Gasteiger partial charge in [0, 0.05) is 133 Å². The van der Waals surface area contributed by atoms with Gasteiger partial charge in [-0.2, -0.15) is 0 Å². The summed E-state index contributed by atoms with van der Waals surface area (Å²) >= 11 is 0. The molecule has 30 aromatic rings. The van der Waals surface area contributed by atoms with Crippen LogP contribution in [-0.2, 0) is 0 Å². The molecular formula is C138H90N6O3. The molecule has 0 radical (unpaired) electrons. The number of anilines is 9. The summed E-state index contributed by atoms with van der Waals surface area (Å²) in [5, 5.41) is 21.5. The molecular weight excluding hydrogens is 1790 g/mol. The minimum absolute atomic E-state index is 0.910. The number of hydrogen-bond acceptors (Lipinski definition) is 6. The average molecular weight is 1880 g/mol. The van der Waals surface area contributed by atoms with E-state index in [1.54, 1.807) is 0 Å². The molecule has 0 aliphatic heterocycles. The summed E-state index contributed by atoms with van der Waals surface area (Å²) in [6, 6.07) is 195.